The fourth-order valence-electron chi connectivity index (χ4n) is 1.34. The normalized spacial score (nSPS) is 13.3. The molecule has 0 amide bonds. The number of halogens is 3. The van der Waals surface area contributed by atoms with Crippen LogP contribution in [0.5, 0.6) is 0 Å². The molecule has 100 valence electrons. The summed E-state index contributed by atoms with van der Waals surface area (Å²) in [6.07, 6.45) is 1.35. The molecule has 1 atom stereocenters. The van der Waals surface area contributed by atoms with E-state index in [4.69, 9.17) is 0 Å². The van der Waals surface area contributed by atoms with Gasteiger partial charge in [0.1, 0.15) is 5.69 Å². The van der Waals surface area contributed by atoms with Gasteiger partial charge in [-0.25, -0.2) is 9.97 Å². The summed E-state index contributed by atoms with van der Waals surface area (Å²) in [7, 11) is 0. The number of alkyl halides is 3. The topological polar surface area (TPSA) is 25.8 Å². The number of unbranched alkanes of at least 4 members (excludes halogenated alkanes) is 1. The average Bonchev–Trinajstić information content (AvgIpc) is 2.28. The first-order valence-corrected chi connectivity index (χ1v) is 6.49. The maximum atomic E-state index is 12.4. The van der Waals surface area contributed by atoms with Crippen LogP contribution >= 0.6 is 11.8 Å². The number of allylic oxidation sites excluding steroid dienone is 1. The van der Waals surface area contributed by atoms with Crippen molar-refractivity contribution in [1.82, 2.24) is 9.97 Å². The molecule has 1 aromatic rings. The standard InChI is InChI=1S/C12H15F3N2S/c1-3-4-5-6-9(2)18-11-16-8-7-10(17-11)12(13,14)15/h3,7-9H,1,4-6H2,2H3/t9-/m1/s1. The Kier molecular flexibility index (Phi) is 5.65. The van der Waals surface area contributed by atoms with Gasteiger partial charge in [0, 0.05) is 11.4 Å². The van der Waals surface area contributed by atoms with Crippen molar-refractivity contribution < 1.29 is 13.2 Å². The number of thioether (sulfide) groups is 1. The van der Waals surface area contributed by atoms with Crippen molar-refractivity contribution >= 4 is 11.8 Å². The Morgan fingerprint density at radius 1 is 1.50 bits per heavy atom. The van der Waals surface area contributed by atoms with Crippen LogP contribution in [0.2, 0.25) is 0 Å². The van der Waals surface area contributed by atoms with Crippen LogP contribution in [0.25, 0.3) is 0 Å². The number of aromatic nitrogens is 2. The van der Waals surface area contributed by atoms with Gasteiger partial charge in [0.15, 0.2) is 5.16 Å². The molecule has 1 rings (SSSR count). The molecule has 0 radical (unpaired) electrons. The Balaban J connectivity index is 2.59. The van der Waals surface area contributed by atoms with Crippen LogP contribution in [-0.2, 0) is 6.18 Å². The molecule has 6 heteroatoms. The van der Waals surface area contributed by atoms with Crippen molar-refractivity contribution in [2.24, 2.45) is 0 Å². The number of hydrogen-bond acceptors (Lipinski definition) is 3. The lowest BCUT2D eigenvalue weighted by atomic mass is 10.2. The SMILES string of the molecule is C=CCCC[C@@H](C)Sc1nccc(C(F)(F)F)n1. The molecule has 0 spiro atoms. The molecule has 1 aromatic heterocycles. The summed E-state index contributed by atoms with van der Waals surface area (Å²) in [5.74, 6) is 0. The molecule has 0 fully saturated rings. The van der Waals surface area contributed by atoms with E-state index in [0.29, 0.717) is 0 Å². The summed E-state index contributed by atoms with van der Waals surface area (Å²) >= 11 is 1.27. The van der Waals surface area contributed by atoms with Gasteiger partial charge in [-0.1, -0.05) is 24.8 Å². The van der Waals surface area contributed by atoms with E-state index in [1.807, 2.05) is 13.0 Å². The monoisotopic (exact) mass is 276 g/mol. The second-order valence-corrected chi connectivity index (χ2v) is 5.28. The van der Waals surface area contributed by atoms with E-state index >= 15 is 0 Å². The molecule has 0 saturated carbocycles. The highest BCUT2D eigenvalue weighted by atomic mass is 32.2. The highest BCUT2D eigenvalue weighted by molar-refractivity contribution is 7.99. The van der Waals surface area contributed by atoms with Gasteiger partial charge in [0.05, 0.1) is 0 Å². The van der Waals surface area contributed by atoms with Crippen molar-refractivity contribution in [2.45, 2.75) is 42.8 Å². The zero-order valence-corrected chi connectivity index (χ0v) is 10.9. The van der Waals surface area contributed by atoms with Gasteiger partial charge in [-0.2, -0.15) is 13.2 Å². The van der Waals surface area contributed by atoms with Crippen molar-refractivity contribution in [2.75, 3.05) is 0 Å². The number of hydrogen-bond donors (Lipinski definition) is 0. The van der Waals surface area contributed by atoms with E-state index in [1.165, 1.54) is 11.8 Å². The highest BCUT2D eigenvalue weighted by Crippen LogP contribution is 2.29. The van der Waals surface area contributed by atoms with E-state index in [-0.39, 0.29) is 10.4 Å². The van der Waals surface area contributed by atoms with Crippen LogP contribution in [0.15, 0.2) is 30.1 Å². The van der Waals surface area contributed by atoms with Crippen LogP contribution in [0.4, 0.5) is 13.2 Å². The Hall–Kier alpha value is -1.04. The van der Waals surface area contributed by atoms with Crippen molar-refractivity contribution in [3.63, 3.8) is 0 Å². The molecule has 0 bridgehead atoms. The van der Waals surface area contributed by atoms with Crippen molar-refractivity contribution in [1.29, 1.82) is 0 Å². The molecule has 18 heavy (non-hydrogen) atoms. The zero-order valence-electron chi connectivity index (χ0n) is 10.1. The third kappa shape index (κ3) is 5.08. The first-order chi connectivity index (χ1) is 8.43. The maximum Gasteiger partial charge on any atom is 0.433 e. The second-order valence-electron chi connectivity index (χ2n) is 3.87. The molecule has 0 unspecified atom stereocenters. The summed E-state index contributed by atoms with van der Waals surface area (Å²) in [5.41, 5.74) is -0.890. The van der Waals surface area contributed by atoms with Gasteiger partial charge >= 0.3 is 6.18 Å². The van der Waals surface area contributed by atoms with E-state index in [9.17, 15) is 13.2 Å². The van der Waals surface area contributed by atoms with Crippen molar-refractivity contribution in [3.05, 3.63) is 30.6 Å². The van der Waals surface area contributed by atoms with Crippen molar-refractivity contribution in [3.8, 4) is 0 Å². The fraction of sp³-hybridized carbons (Fsp3) is 0.500. The minimum Gasteiger partial charge on any atom is -0.231 e. The molecule has 0 aliphatic rings. The molecule has 0 N–H and O–H groups in total. The summed E-state index contributed by atoms with van der Waals surface area (Å²) in [5, 5.41) is 0.365. The molecular weight excluding hydrogens is 261 g/mol. The number of nitrogens with zero attached hydrogens (tertiary/aromatic N) is 2. The Morgan fingerprint density at radius 3 is 2.83 bits per heavy atom. The van der Waals surface area contributed by atoms with Crippen LogP contribution in [0.1, 0.15) is 31.9 Å². The number of rotatable bonds is 6. The highest BCUT2D eigenvalue weighted by Gasteiger charge is 2.32. The summed E-state index contributed by atoms with van der Waals surface area (Å²) in [6.45, 7) is 5.58. The Bertz CT molecular complexity index is 393. The van der Waals surface area contributed by atoms with Crippen LogP contribution in [0, 0.1) is 0 Å². The Labute approximate surface area is 109 Å². The third-order valence-corrected chi connectivity index (χ3v) is 3.29. The van der Waals surface area contributed by atoms with E-state index in [0.717, 1.165) is 31.5 Å². The van der Waals surface area contributed by atoms with Gasteiger partial charge in [-0.05, 0) is 25.3 Å². The van der Waals surface area contributed by atoms with Gasteiger partial charge in [-0.3, -0.25) is 0 Å². The predicted octanol–water partition coefficient (Wildman–Crippen LogP) is 4.33. The minimum absolute atomic E-state index is 0.177. The van der Waals surface area contributed by atoms with E-state index in [1.54, 1.807) is 0 Å². The van der Waals surface area contributed by atoms with Crippen LogP contribution < -0.4 is 0 Å². The van der Waals surface area contributed by atoms with Gasteiger partial charge in [0.25, 0.3) is 0 Å². The van der Waals surface area contributed by atoms with Gasteiger partial charge < -0.3 is 0 Å². The molecule has 0 aliphatic carbocycles. The average molecular weight is 276 g/mol. The van der Waals surface area contributed by atoms with Gasteiger partial charge in [-0.15, -0.1) is 6.58 Å². The summed E-state index contributed by atoms with van der Waals surface area (Å²) in [4.78, 5) is 7.37. The Morgan fingerprint density at radius 2 is 2.22 bits per heavy atom. The first kappa shape index (κ1) is 15.0. The van der Waals surface area contributed by atoms with Crippen LogP contribution in [-0.4, -0.2) is 15.2 Å². The van der Waals surface area contributed by atoms with Gasteiger partial charge in [0.2, 0.25) is 0 Å². The first-order valence-electron chi connectivity index (χ1n) is 5.61. The lowest BCUT2D eigenvalue weighted by molar-refractivity contribution is -0.141. The molecule has 2 nitrogen and oxygen atoms in total. The molecule has 0 saturated heterocycles. The molecule has 1 heterocycles. The smallest absolute Gasteiger partial charge is 0.231 e. The fourth-order valence-corrected chi connectivity index (χ4v) is 2.26. The van der Waals surface area contributed by atoms with Crippen LogP contribution in [0.3, 0.4) is 0 Å². The maximum absolute atomic E-state index is 12.4. The lowest BCUT2D eigenvalue weighted by Gasteiger charge is -2.10. The molecule has 0 aromatic carbocycles. The third-order valence-electron chi connectivity index (χ3n) is 2.25. The summed E-state index contributed by atoms with van der Waals surface area (Å²) in [6, 6.07) is 0.881. The minimum atomic E-state index is -4.41. The second kappa shape index (κ2) is 6.78. The quantitative estimate of drug-likeness (QED) is 0.335. The largest absolute Gasteiger partial charge is 0.433 e. The van der Waals surface area contributed by atoms with E-state index < -0.39 is 11.9 Å². The molecular formula is C12H15F3N2S. The summed E-state index contributed by atoms with van der Waals surface area (Å²) < 4.78 is 37.3. The van der Waals surface area contributed by atoms with E-state index in [2.05, 4.69) is 16.5 Å². The molecule has 0 aliphatic heterocycles. The lowest BCUT2D eigenvalue weighted by Crippen LogP contribution is -2.09. The zero-order chi connectivity index (χ0) is 13.6. The predicted molar refractivity (Wildman–Crippen MR) is 66.4 cm³/mol.